The molecule has 0 bridgehead atoms. The fourth-order valence-corrected chi connectivity index (χ4v) is 2.81. The molecule has 0 amide bonds. The van der Waals surface area contributed by atoms with E-state index in [2.05, 4.69) is 31.0 Å². The van der Waals surface area contributed by atoms with E-state index in [9.17, 15) is 0 Å². The van der Waals surface area contributed by atoms with Crippen LogP contribution >= 0.6 is 0 Å². The van der Waals surface area contributed by atoms with Crippen molar-refractivity contribution >= 4 is 0 Å². The monoisotopic (exact) mass is 224 g/mol. The van der Waals surface area contributed by atoms with Crippen LogP contribution in [0.3, 0.4) is 0 Å². The molecule has 0 aromatic rings. The molecule has 1 aliphatic carbocycles. The predicted molar refractivity (Wildman–Crippen MR) is 69.6 cm³/mol. The summed E-state index contributed by atoms with van der Waals surface area (Å²) in [6.07, 6.45) is 5.51. The maximum Gasteiger partial charge on any atom is 0.00767 e. The second-order valence-corrected chi connectivity index (χ2v) is 6.45. The van der Waals surface area contributed by atoms with Crippen molar-refractivity contribution in [2.45, 2.75) is 52.5 Å². The lowest BCUT2D eigenvalue weighted by Crippen LogP contribution is -2.44. The van der Waals surface area contributed by atoms with Crippen LogP contribution in [-0.4, -0.2) is 37.1 Å². The minimum atomic E-state index is 0.675. The van der Waals surface area contributed by atoms with Crippen LogP contribution in [0.2, 0.25) is 0 Å². The number of rotatable bonds is 3. The van der Waals surface area contributed by atoms with E-state index < -0.39 is 0 Å². The first-order valence-electron chi connectivity index (χ1n) is 7.07. The van der Waals surface area contributed by atoms with E-state index in [4.69, 9.17) is 0 Å². The Morgan fingerprint density at radius 3 is 2.75 bits per heavy atom. The highest BCUT2D eigenvalue weighted by atomic mass is 15.1. The van der Waals surface area contributed by atoms with Gasteiger partial charge in [-0.15, -0.1) is 0 Å². The summed E-state index contributed by atoms with van der Waals surface area (Å²) >= 11 is 0. The van der Waals surface area contributed by atoms with Gasteiger partial charge < -0.3 is 10.2 Å². The molecular formula is C14H28N2. The Bertz CT molecular complexity index is 223. The summed E-state index contributed by atoms with van der Waals surface area (Å²) in [5, 5.41) is 3.69. The second kappa shape index (κ2) is 5.05. The van der Waals surface area contributed by atoms with E-state index in [1.165, 1.54) is 51.9 Å². The molecule has 1 saturated carbocycles. The molecule has 1 N–H and O–H groups in total. The SMILES string of the molecule is CCC1CCN(CC2(C)CC2)CC(C)CN1. The van der Waals surface area contributed by atoms with Crippen molar-refractivity contribution in [2.75, 3.05) is 26.2 Å². The van der Waals surface area contributed by atoms with Crippen molar-refractivity contribution in [3.63, 3.8) is 0 Å². The number of hydrogen-bond donors (Lipinski definition) is 1. The van der Waals surface area contributed by atoms with Gasteiger partial charge in [-0.05, 0) is 50.1 Å². The van der Waals surface area contributed by atoms with Gasteiger partial charge in [0.2, 0.25) is 0 Å². The van der Waals surface area contributed by atoms with Crippen molar-refractivity contribution in [1.29, 1.82) is 0 Å². The number of nitrogens with zero attached hydrogens (tertiary/aromatic N) is 1. The zero-order chi connectivity index (χ0) is 11.6. The van der Waals surface area contributed by atoms with Crippen molar-refractivity contribution in [3.8, 4) is 0 Å². The van der Waals surface area contributed by atoms with E-state index >= 15 is 0 Å². The molecule has 1 aliphatic heterocycles. The average Bonchev–Trinajstić information content (AvgIpc) is 2.93. The van der Waals surface area contributed by atoms with E-state index in [0.29, 0.717) is 5.41 Å². The van der Waals surface area contributed by atoms with Gasteiger partial charge >= 0.3 is 0 Å². The molecule has 0 radical (unpaired) electrons. The summed E-state index contributed by atoms with van der Waals surface area (Å²) in [6, 6.07) is 0.747. The Morgan fingerprint density at radius 2 is 2.12 bits per heavy atom. The Balaban J connectivity index is 1.85. The largest absolute Gasteiger partial charge is 0.314 e. The third-order valence-electron chi connectivity index (χ3n) is 4.32. The van der Waals surface area contributed by atoms with Crippen LogP contribution in [0.4, 0.5) is 0 Å². The zero-order valence-electron chi connectivity index (χ0n) is 11.3. The lowest BCUT2D eigenvalue weighted by Gasteiger charge is -2.33. The lowest BCUT2D eigenvalue weighted by molar-refractivity contribution is 0.170. The van der Waals surface area contributed by atoms with Crippen LogP contribution < -0.4 is 5.32 Å². The van der Waals surface area contributed by atoms with E-state index in [1.807, 2.05) is 0 Å². The molecule has 0 spiro atoms. The number of nitrogens with one attached hydrogen (secondary N) is 1. The lowest BCUT2D eigenvalue weighted by atomic mass is 10.0. The maximum absolute atomic E-state index is 3.69. The molecule has 2 aliphatic rings. The molecule has 1 heterocycles. The normalized spacial score (nSPS) is 35.4. The quantitative estimate of drug-likeness (QED) is 0.792. The van der Waals surface area contributed by atoms with Crippen LogP contribution in [0, 0.1) is 11.3 Å². The standard InChI is InChI=1S/C14H28N2/c1-4-13-5-8-16(10-12(2)9-15-13)11-14(3)6-7-14/h12-13,15H,4-11H2,1-3H3. The molecule has 0 aromatic carbocycles. The van der Waals surface area contributed by atoms with Gasteiger partial charge in [0.1, 0.15) is 0 Å². The van der Waals surface area contributed by atoms with Crippen molar-refractivity contribution in [2.24, 2.45) is 11.3 Å². The van der Waals surface area contributed by atoms with Gasteiger partial charge in [0.15, 0.2) is 0 Å². The summed E-state index contributed by atoms with van der Waals surface area (Å²) in [5.74, 6) is 0.802. The topological polar surface area (TPSA) is 15.3 Å². The van der Waals surface area contributed by atoms with E-state index in [-0.39, 0.29) is 0 Å². The smallest absolute Gasteiger partial charge is 0.00767 e. The van der Waals surface area contributed by atoms with Gasteiger partial charge in [-0.25, -0.2) is 0 Å². The highest BCUT2D eigenvalue weighted by Gasteiger charge is 2.39. The molecule has 2 atom stereocenters. The zero-order valence-corrected chi connectivity index (χ0v) is 11.3. The highest BCUT2D eigenvalue weighted by molar-refractivity contribution is 4.92. The summed E-state index contributed by atoms with van der Waals surface area (Å²) in [6.45, 7) is 12.3. The first-order chi connectivity index (χ1) is 7.61. The fourth-order valence-electron chi connectivity index (χ4n) is 2.81. The minimum absolute atomic E-state index is 0.675. The Hall–Kier alpha value is -0.0800. The molecule has 2 heteroatoms. The summed E-state index contributed by atoms with van der Waals surface area (Å²) < 4.78 is 0. The van der Waals surface area contributed by atoms with E-state index in [0.717, 1.165) is 12.0 Å². The van der Waals surface area contributed by atoms with Crippen molar-refractivity contribution < 1.29 is 0 Å². The third-order valence-corrected chi connectivity index (χ3v) is 4.32. The third kappa shape index (κ3) is 3.46. The molecule has 16 heavy (non-hydrogen) atoms. The molecule has 2 fully saturated rings. The predicted octanol–water partition coefficient (Wildman–Crippen LogP) is 2.50. The van der Waals surface area contributed by atoms with Gasteiger partial charge in [0.05, 0.1) is 0 Å². The van der Waals surface area contributed by atoms with Crippen LogP contribution in [0.1, 0.15) is 46.5 Å². The Labute approximate surface area is 101 Å². The van der Waals surface area contributed by atoms with Crippen LogP contribution in [0.15, 0.2) is 0 Å². The van der Waals surface area contributed by atoms with Gasteiger partial charge in [0.25, 0.3) is 0 Å². The first kappa shape index (κ1) is 12.4. The summed E-state index contributed by atoms with van der Waals surface area (Å²) in [5.41, 5.74) is 0.675. The molecule has 94 valence electrons. The van der Waals surface area contributed by atoms with Gasteiger partial charge in [-0.2, -0.15) is 0 Å². The number of hydrogen-bond acceptors (Lipinski definition) is 2. The minimum Gasteiger partial charge on any atom is -0.314 e. The van der Waals surface area contributed by atoms with Crippen LogP contribution in [-0.2, 0) is 0 Å². The summed E-state index contributed by atoms with van der Waals surface area (Å²) in [7, 11) is 0. The molecule has 2 unspecified atom stereocenters. The Morgan fingerprint density at radius 1 is 1.38 bits per heavy atom. The van der Waals surface area contributed by atoms with E-state index in [1.54, 1.807) is 0 Å². The second-order valence-electron chi connectivity index (χ2n) is 6.45. The molecule has 1 saturated heterocycles. The summed E-state index contributed by atoms with van der Waals surface area (Å²) in [4.78, 5) is 2.72. The maximum atomic E-state index is 3.69. The van der Waals surface area contributed by atoms with Gasteiger partial charge in [-0.3, -0.25) is 0 Å². The highest BCUT2D eigenvalue weighted by Crippen LogP contribution is 2.45. The Kier molecular flexibility index (Phi) is 3.91. The first-order valence-corrected chi connectivity index (χ1v) is 7.07. The molecule has 2 rings (SSSR count). The molecule has 0 aromatic heterocycles. The van der Waals surface area contributed by atoms with Gasteiger partial charge in [0, 0.05) is 19.1 Å². The van der Waals surface area contributed by atoms with Crippen LogP contribution in [0.5, 0.6) is 0 Å². The van der Waals surface area contributed by atoms with Gasteiger partial charge in [-0.1, -0.05) is 20.8 Å². The molecule has 2 nitrogen and oxygen atoms in total. The van der Waals surface area contributed by atoms with Crippen molar-refractivity contribution in [3.05, 3.63) is 0 Å². The average molecular weight is 224 g/mol. The fraction of sp³-hybridized carbons (Fsp3) is 1.00. The van der Waals surface area contributed by atoms with Crippen molar-refractivity contribution in [1.82, 2.24) is 10.2 Å². The molecular weight excluding hydrogens is 196 g/mol. The van der Waals surface area contributed by atoms with Crippen LogP contribution in [0.25, 0.3) is 0 Å².